The zero-order valence-electron chi connectivity index (χ0n) is 11.3. The summed E-state index contributed by atoms with van der Waals surface area (Å²) in [6.45, 7) is 2.12. The van der Waals surface area contributed by atoms with Gasteiger partial charge in [-0.15, -0.1) is 0 Å². The first-order valence-corrected chi connectivity index (χ1v) is 7.08. The number of imidazole rings is 1. The van der Waals surface area contributed by atoms with Crippen molar-refractivity contribution in [3.63, 3.8) is 0 Å². The van der Waals surface area contributed by atoms with E-state index in [1.165, 1.54) is 0 Å². The van der Waals surface area contributed by atoms with Crippen molar-refractivity contribution in [1.82, 2.24) is 14.5 Å². The lowest BCUT2D eigenvalue weighted by Crippen LogP contribution is -2.27. The van der Waals surface area contributed by atoms with E-state index in [-0.39, 0.29) is 6.61 Å². The average molecular weight is 314 g/mol. The molecule has 0 fully saturated rings. The molecule has 0 saturated carbocycles. The Morgan fingerprint density at radius 1 is 1.25 bits per heavy atom. The van der Waals surface area contributed by atoms with Crippen LogP contribution < -0.4 is 0 Å². The van der Waals surface area contributed by atoms with Gasteiger partial charge in [0.25, 0.3) is 0 Å². The average Bonchev–Trinajstić information content (AvgIpc) is 2.80. The largest absolute Gasteiger partial charge is 0.395 e. The van der Waals surface area contributed by atoms with Gasteiger partial charge in [0.2, 0.25) is 0 Å². The van der Waals surface area contributed by atoms with E-state index in [0.29, 0.717) is 23.1 Å². The molecule has 0 amide bonds. The maximum absolute atomic E-state index is 9.20. The molecule has 0 spiro atoms. The second-order valence-electron chi connectivity index (χ2n) is 4.68. The van der Waals surface area contributed by atoms with Crippen LogP contribution in [0.15, 0.2) is 30.7 Å². The van der Waals surface area contributed by atoms with Gasteiger partial charge < -0.3 is 9.67 Å². The smallest absolute Gasteiger partial charge is 0.0945 e. The number of aliphatic hydroxyl groups excluding tert-OH is 1. The third-order valence-corrected chi connectivity index (χ3v) is 3.85. The molecule has 0 aliphatic heterocycles. The van der Waals surface area contributed by atoms with Crippen LogP contribution in [0.3, 0.4) is 0 Å². The summed E-state index contributed by atoms with van der Waals surface area (Å²) in [4.78, 5) is 6.24. The fraction of sp³-hybridized carbons (Fsp3) is 0.357. The number of hydrogen-bond acceptors (Lipinski definition) is 3. The number of hydrogen-bond donors (Lipinski definition) is 1. The summed E-state index contributed by atoms with van der Waals surface area (Å²) in [5.74, 6) is 0. The van der Waals surface area contributed by atoms with Gasteiger partial charge in [0.15, 0.2) is 0 Å². The van der Waals surface area contributed by atoms with Crippen molar-refractivity contribution in [3.05, 3.63) is 52.0 Å². The highest BCUT2D eigenvalue weighted by Gasteiger charge is 2.10. The van der Waals surface area contributed by atoms with Gasteiger partial charge in [0.05, 0.1) is 28.7 Å². The minimum atomic E-state index is 0.110. The lowest BCUT2D eigenvalue weighted by molar-refractivity contribution is 0.181. The van der Waals surface area contributed by atoms with Crippen molar-refractivity contribution in [2.24, 2.45) is 7.05 Å². The Labute approximate surface area is 128 Å². The first-order valence-electron chi connectivity index (χ1n) is 6.32. The van der Waals surface area contributed by atoms with Crippen LogP contribution in [0.25, 0.3) is 0 Å². The lowest BCUT2D eigenvalue weighted by atomic mass is 10.2. The van der Waals surface area contributed by atoms with Crippen LogP contribution in [0.1, 0.15) is 11.3 Å². The standard InChI is InChI=1S/C14H17Cl2N3O/c1-18-10-17-7-12(18)9-19(4-5-20)8-11-2-3-13(15)14(16)6-11/h2-3,6-7,10,20H,4-5,8-9H2,1H3. The van der Waals surface area contributed by atoms with Gasteiger partial charge in [-0.3, -0.25) is 4.90 Å². The van der Waals surface area contributed by atoms with E-state index in [0.717, 1.165) is 17.8 Å². The Bertz CT molecular complexity index is 571. The number of aromatic nitrogens is 2. The number of nitrogens with zero attached hydrogens (tertiary/aromatic N) is 3. The lowest BCUT2D eigenvalue weighted by Gasteiger charge is -2.21. The Hall–Kier alpha value is -1.07. The van der Waals surface area contributed by atoms with E-state index < -0.39 is 0 Å². The maximum atomic E-state index is 9.20. The highest BCUT2D eigenvalue weighted by molar-refractivity contribution is 6.42. The molecule has 2 rings (SSSR count). The maximum Gasteiger partial charge on any atom is 0.0945 e. The second kappa shape index (κ2) is 7.09. The van der Waals surface area contributed by atoms with Gasteiger partial charge in [0, 0.05) is 32.9 Å². The van der Waals surface area contributed by atoms with E-state index in [4.69, 9.17) is 23.2 Å². The summed E-state index contributed by atoms with van der Waals surface area (Å²) in [6, 6.07) is 5.60. The molecular weight excluding hydrogens is 297 g/mol. The third kappa shape index (κ3) is 3.96. The Morgan fingerprint density at radius 2 is 2.05 bits per heavy atom. The highest BCUT2D eigenvalue weighted by atomic mass is 35.5. The SMILES string of the molecule is Cn1cncc1CN(CCO)Cc1ccc(Cl)c(Cl)c1. The van der Waals surface area contributed by atoms with Crippen molar-refractivity contribution in [2.75, 3.05) is 13.2 Å². The summed E-state index contributed by atoms with van der Waals surface area (Å²) < 4.78 is 1.97. The van der Waals surface area contributed by atoms with E-state index in [9.17, 15) is 5.11 Å². The predicted molar refractivity (Wildman–Crippen MR) is 80.9 cm³/mol. The van der Waals surface area contributed by atoms with Crippen LogP contribution in [0, 0.1) is 0 Å². The predicted octanol–water partition coefficient (Wildman–Crippen LogP) is 2.72. The van der Waals surface area contributed by atoms with Crippen LogP contribution >= 0.6 is 23.2 Å². The van der Waals surface area contributed by atoms with E-state index >= 15 is 0 Å². The number of aliphatic hydroxyl groups is 1. The molecule has 4 nitrogen and oxygen atoms in total. The zero-order chi connectivity index (χ0) is 14.5. The topological polar surface area (TPSA) is 41.3 Å². The molecule has 0 saturated heterocycles. The fourth-order valence-electron chi connectivity index (χ4n) is 2.02. The highest BCUT2D eigenvalue weighted by Crippen LogP contribution is 2.23. The Kier molecular flexibility index (Phi) is 5.43. The summed E-state index contributed by atoms with van der Waals surface area (Å²) in [5.41, 5.74) is 2.16. The van der Waals surface area contributed by atoms with Gasteiger partial charge in [-0.2, -0.15) is 0 Å². The molecule has 1 aromatic heterocycles. The monoisotopic (exact) mass is 313 g/mol. The van der Waals surface area contributed by atoms with Gasteiger partial charge >= 0.3 is 0 Å². The molecule has 108 valence electrons. The number of aryl methyl sites for hydroxylation is 1. The van der Waals surface area contributed by atoms with Gasteiger partial charge in [-0.25, -0.2) is 4.98 Å². The molecule has 0 aliphatic carbocycles. The van der Waals surface area contributed by atoms with Crippen LogP contribution in [-0.4, -0.2) is 32.7 Å². The van der Waals surface area contributed by atoms with Gasteiger partial charge in [-0.05, 0) is 17.7 Å². The minimum absolute atomic E-state index is 0.110. The minimum Gasteiger partial charge on any atom is -0.395 e. The molecular formula is C14H17Cl2N3O. The third-order valence-electron chi connectivity index (χ3n) is 3.11. The van der Waals surface area contributed by atoms with Crippen molar-refractivity contribution >= 4 is 23.2 Å². The van der Waals surface area contributed by atoms with Crippen LogP contribution in [-0.2, 0) is 20.1 Å². The molecule has 1 N–H and O–H groups in total. The van der Waals surface area contributed by atoms with E-state index in [1.54, 1.807) is 12.4 Å². The fourth-order valence-corrected chi connectivity index (χ4v) is 2.34. The zero-order valence-corrected chi connectivity index (χ0v) is 12.8. The van der Waals surface area contributed by atoms with Crippen LogP contribution in [0.5, 0.6) is 0 Å². The normalized spacial score (nSPS) is 11.2. The summed E-state index contributed by atoms with van der Waals surface area (Å²) >= 11 is 11.9. The van der Waals surface area contributed by atoms with Crippen molar-refractivity contribution in [1.29, 1.82) is 0 Å². The van der Waals surface area contributed by atoms with Crippen LogP contribution in [0.4, 0.5) is 0 Å². The molecule has 6 heteroatoms. The Morgan fingerprint density at radius 3 is 2.65 bits per heavy atom. The Balaban J connectivity index is 2.08. The number of rotatable bonds is 6. The molecule has 20 heavy (non-hydrogen) atoms. The summed E-state index contributed by atoms with van der Waals surface area (Å²) in [6.07, 6.45) is 3.60. The molecule has 0 bridgehead atoms. The van der Waals surface area contributed by atoms with Crippen molar-refractivity contribution in [2.45, 2.75) is 13.1 Å². The summed E-state index contributed by atoms with van der Waals surface area (Å²) in [5, 5.41) is 10.3. The molecule has 1 aromatic carbocycles. The second-order valence-corrected chi connectivity index (χ2v) is 5.49. The molecule has 2 aromatic rings. The van der Waals surface area contributed by atoms with Gasteiger partial charge in [0.1, 0.15) is 0 Å². The van der Waals surface area contributed by atoms with E-state index in [2.05, 4.69) is 9.88 Å². The molecule has 0 atom stereocenters. The van der Waals surface area contributed by atoms with Crippen molar-refractivity contribution in [3.8, 4) is 0 Å². The summed E-state index contributed by atoms with van der Waals surface area (Å²) in [7, 11) is 1.96. The first-order chi connectivity index (χ1) is 9.60. The van der Waals surface area contributed by atoms with Crippen molar-refractivity contribution < 1.29 is 5.11 Å². The first kappa shape index (κ1) is 15.3. The number of halogens is 2. The molecule has 1 heterocycles. The van der Waals surface area contributed by atoms with Gasteiger partial charge in [-0.1, -0.05) is 29.3 Å². The molecule has 0 radical (unpaired) electrons. The van der Waals surface area contributed by atoms with Crippen LogP contribution in [0.2, 0.25) is 10.0 Å². The molecule has 0 unspecified atom stereocenters. The molecule has 0 aliphatic rings. The number of benzene rings is 1. The quantitative estimate of drug-likeness (QED) is 0.891. The van der Waals surface area contributed by atoms with E-state index in [1.807, 2.05) is 29.9 Å².